The fraction of sp³-hybridized carbons (Fsp3) is 0.211. The van der Waals surface area contributed by atoms with Gasteiger partial charge in [-0.3, -0.25) is 14.9 Å². The molecule has 3 aromatic rings. The van der Waals surface area contributed by atoms with Crippen LogP contribution in [0.25, 0.3) is 11.4 Å². The van der Waals surface area contributed by atoms with E-state index < -0.39 is 4.92 Å². The lowest BCUT2D eigenvalue weighted by atomic mass is 10.2. The number of thioether (sulfide) groups is 1. The van der Waals surface area contributed by atoms with Gasteiger partial charge in [0.1, 0.15) is 11.4 Å². The standard InChI is InChI=1S/C19H19N5O4S/c1-3-28-16-11-7-4-8-13(16)18-21-22-19(23(18)2)29-12-17(25)20-14-9-5-6-10-15(14)24(26)27/h4-11H,3,12H2,1-2H3,(H,20,25). The molecule has 9 nitrogen and oxygen atoms in total. The average molecular weight is 413 g/mol. The number of nitro groups is 1. The molecule has 1 heterocycles. The van der Waals surface area contributed by atoms with E-state index in [1.165, 1.54) is 23.9 Å². The maximum atomic E-state index is 12.3. The number of hydrogen-bond donors (Lipinski definition) is 1. The van der Waals surface area contributed by atoms with Crippen LogP contribution in [0.15, 0.2) is 53.7 Å². The summed E-state index contributed by atoms with van der Waals surface area (Å²) < 4.78 is 7.42. The molecule has 0 saturated carbocycles. The summed E-state index contributed by atoms with van der Waals surface area (Å²) in [6.07, 6.45) is 0. The Morgan fingerprint density at radius 2 is 1.93 bits per heavy atom. The molecule has 150 valence electrons. The van der Waals surface area contributed by atoms with E-state index in [1.54, 1.807) is 23.7 Å². The molecule has 1 N–H and O–H groups in total. The summed E-state index contributed by atoms with van der Waals surface area (Å²) in [5.74, 6) is 0.987. The van der Waals surface area contributed by atoms with Crippen LogP contribution in [0, 0.1) is 10.1 Å². The van der Waals surface area contributed by atoms with Crippen LogP contribution in [0.3, 0.4) is 0 Å². The molecule has 3 rings (SSSR count). The summed E-state index contributed by atoms with van der Waals surface area (Å²) in [5, 5.41) is 22.5. The summed E-state index contributed by atoms with van der Waals surface area (Å²) in [6.45, 7) is 2.44. The highest BCUT2D eigenvalue weighted by atomic mass is 32.2. The Bertz CT molecular complexity index is 1040. The van der Waals surface area contributed by atoms with Crippen LogP contribution in [0.1, 0.15) is 6.92 Å². The van der Waals surface area contributed by atoms with Gasteiger partial charge in [-0.2, -0.15) is 0 Å². The second kappa shape index (κ2) is 9.20. The fourth-order valence-corrected chi connectivity index (χ4v) is 3.37. The van der Waals surface area contributed by atoms with Gasteiger partial charge < -0.3 is 14.6 Å². The van der Waals surface area contributed by atoms with Crippen molar-refractivity contribution in [3.05, 3.63) is 58.6 Å². The van der Waals surface area contributed by atoms with Gasteiger partial charge in [0.2, 0.25) is 5.91 Å². The van der Waals surface area contributed by atoms with Gasteiger partial charge in [0.15, 0.2) is 11.0 Å². The van der Waals surface area contributed by atoms with E-state index in [4.69, 9.17) is 4.74 Å². The summed E-state index contributed by atoms with van der Waals surface area (Å²) in [5.41, 5.74) is 0.812. The zero-order valence-corrected chi connectivity index (χ0v) is 16.7. The van der Waals surface area contributed by atoms with Crippen molar-refractivity contribution in [2.24, 2.45) is 7.05 Å². The molecule has 0 aliphatic heterocycles. The highest BCUT2D eigenvalue weighted by Gasteiger charge is 2.18. The van der Waals surface area contributed by atoms with Crippen LogP contribution < -0.4 is 10.1 Å². The molecule has 29 heavy (non-hydrogen) atoms. The quantitative estimate of drug-likeness (QED) is 0.341. The molecule has 0 aliphatic carbocycles. The Kier molecular flexibility index (Phi) is 6.45. The third-order valence-corrected chi connectivity index (χ3v) is 4.99. The van der Waals surface area contributed by atoms with Crippen LogP contribution in [0.2, 0.25) is 0 Å². The summed E-state index contributed by atoms with van der Waals surface area (Å²) >= 11 is 1.19. The van der Waals surface area contributed by atoms with E-state index in [0.717, 1.165) is 5.56 Å². The smallest absolute Gasteiger partial charge is 0.292 e. The van der Waals surface area contributed by atoms with E-state index in [-0.39, 0.29) is 23.0 Å². The van der Waals surface area contributed by atoms with Gasteiger partial charge in [-0.05, 0) is 25.1 Å². The maximum absolute atomic E-state index is 12.3. The normalized spacial score (nSPS) is 10.6. The molecule has 0 spiro atoms. The van der Waals surface area contributed by atoms with Crippen molar-refractivity contribution in [2.45, 2.75) is 12.1 Å². The third kappa shape index (κ3) is 4.72. The van der Waals surface area contributed by atoms with Crippen molar-refractivity contribution in [2.75, 3.05) is 17.7 Å². The van der Waals surface area contributed by atoms with Crippen molar-refractivity contribution in [3.63, 3.8) is 0 Å². The summed E-state index contributed by atoms with van der Waals surface area (Å²) in [7, 11) is 1.81. The predicted molar refractivity (Wildman–Crippen MR) is 110 cm³/mol. The van der Waals surface area contributed by atoms with Gasteiger partial charge in [0.25, 0.3) is 5.69 Å². The lowest BCUT2D eigenvalue weighted by Gasteiger charge is -2.09. The molecule has 0 saturated heterocycles. The van der Waals surface area contributed by atoms with Gasteiger partial charge in [-0.1, -0.05) is 36.0 Å². The summed E-state index contributed by atoms with van der Waals surface area (Å²) in [6, 6.07) is 13.5. The monoisotopic (exact) mass is 413 g/mol. The molecule has 1 amide bonds. The number of anilines is 1. The zero-order chi connectivity index (χ0) is 20.8. The number of ether oxygens (including phenoxy) is 1. The molecule has 2 aromatic carbocycles. The van der Waals surface area contributed by atoms with Gasteiger partial charge in [-0.25, -0.2) is 0 Å². The molecular formula is C19H19N5O4S. The summed E-state index contributed by atoms with van der Waals surface area (Å²) in [4.78, 5) is 22.8. The molecule has 0 radical (unpaired) electrons. The SMILES string of the molecule is CCOc1ccccc1-c1nnc(SCC(=O)Nc2ccccc2[N+](=O)[O-])n1C. The zero-order valence-electron chi connectivity index (χ0n) is 15.9. The number of nitro benzene ring substituents is 1. The van der Waals surface area contributed by atoms with Crippen molar-refractivity contribution in [1.29, 1.82) is 0 Å². The second-order valence-electron chi connectivity index (χ2n) is 5.91. The molecule has 0 fully saturated rings. The number of carbonyl (C=O) groups is 1. The van der Waals surface area contributed by atoms with E-state index in [0.29, 0.717) is 23.3 Å². The molecule has 0 bridgehead atoms. The number of benzene rings is 2. The van der Waals surface area contributed by atoms with Crippen molar-refractivity contribution in [3.8, 4) is 17.1 Å². The number of rotatable bonds is 8. The molecule has 0 unspecified atom stereocenters. The van der Waals surface area contributed by atoms with Crippen LogP contribution >= 0.6 is 11.8 Å². The van der Waals surface area contributed by atoms with Crippen LogP contribution in [0.5, 0.6) is 5.75 Å². The first kappa shape index (κ1) is 20.3. The van der Waals surface area contributed by atoms with Gasteiger partial charge in [-0.15, -0.1) is 10.2 Å². The number of para-hydroxylation sites is 3. The number of aromatic nitrogens is 3. The molecular weight excluding hydrogens is 394 g/mol. The first-order chi connectivity index (χ1) is 14.0. The predicted octanol–water partition coefficient (Wildman–Crippen LogP) is 3.52. The van der Waals surface area contributed by atoms with E-state index in [1.807, 2.05) is 31.2 Å². The average Bonchev–Trinajstić information content (AvgIpc) is 3.07. The fourth-order valence-electron chi connectivity index (χ4n) is 2.66. The van der Waals surface area contributed by atoms with Crippen LogP contribution in [-0.2, 0) is 11.8 Å². The van der Waals surface area contributed by atoms with E-state index in [9.17, 15) is 14.9 Å². The van der Waals surface area contributed by atoms with Gasteiger partial charge in [0.05, 0.1) is 22.8 Å². The number of hydrogen-bond acceptors (Lipinski definition) is 7. The van der Waals surface area contributed by atoms with E-state index in [2.05, 4.69) is 15.5 Å². The Morgan fingerprint density at radius 1 is 1.21 bits per heavy atom. The highest BCUT2D eigenvalue weighted by molar-refractivity contribution is 7.99. The number of carbonyl (C=O) groups excluding carboxylic acids is 1. The third-order valence-electron chi connectivity index (χ3n) is 3.97. The first-order valence-electron chi connectivity index (χ1n) is 8.79. The molecule has 0 aliphatic rings. The first-order valence-corrected chi connectivity index (χ1v) is 9.77. The lowest BCUT2D eigenvalue weighted by molar-refractivity contribution is -0.383. The number of nitrogens with one attached hydrogen (secondary N) is 1. The van der Waals surface area contributed by atoms with Gasteiger partial charge in [0, 0.05) is 13.1 Å². The van der Waals surface area contributed by atoms with Gasteiger partial charge >= 0.3 is 0 Å². The Balaban J connectivity index is 1.70. The maximum Gasteiger partial charge on any atom is 0.292 e. The Hall–Kier alpha value is -3.40. The topological polar surface area (TPSA) is 112 Å². The van der Waals surface area contributed by atoms with Crippen molar-refractivity contribution >= 4 is 29.0 Å². The van der Waals surface area contributed by atoms with Crippen molar-refractivity contribution in [1.82, 2.24) is 14.8 Å². The number of amides is 1. The minimum Gasteiger partial charge on any atom is -0.493 e. The minimum atomic E-state index is -0.534. The highest BCUT2D eigenvalue weighted by Crippen LogP contribution is 2.30. The van der Waals surface area contributed by atoms with Crippen LogP contribution in [-0.4, -0.2) is 38.0 Å². The molecule has 10 heteroatoms. The molecule has 0 atom stereocenters. The lowest BCUT2D eigenvalue weighted by Crippen LogP contribution is -2.15. The minimum absolute atomic E-state index is 0.0329. The van der Waals surface area contributed by atoms with Crippen LogP contribution in [0.4, 0.5) is 11.4 Å². The number of nitrogens with zero attached hydrogens (tertiary/aromatic N) is 4. The van der Waals surface area contributed by atoms with Crippen molar-refractivity contribution < 1.29 is 14.5 Å². The van der Waals surface area contributed by atoms with E-state index >= 15 is 0 Å². The Labute approximate surface area is 171 Å². The molecule has 1 aromatic heterocycles. The largest absolute Gasteiger partial charge is 0.493 e. The second-order valence-corrected chi connectivity index (χ2v) is 6.85. The Morgan fingerprint density at radius 3 is 2.69 bits per heavy atom.